The smallest absolute Gasteiger partial charge is 0.445 e. The van der Waals surface area contributed by atoms with E-state index >= 15 is 0 Å². The van der Waals surface area contributed by atoms with Gasteiger partial charge in [0.05, 0.1) is 11.1 Å². The zero-order valence-corrected chi connectivity index (χ0v) is 23.0. The molecule has 3 rings (SSSR count). The van der Waals surface area contributed by atoms with Crippen LogP contribution in [0.25, 0.3) is 0 Å². The van der Waals surface area contributed by atoms with Crippen LogP contribution in [0.2, 0.25) is 0 Å². The van der Waals surface area contributed by atoms with E-state index in [2.05, 4.69) is 12.4 Å². The van der Waals surface area contributed by atoms with Crippen LogP contribution in [-0.2, 0) is 33.8 Å². The lowest BCUT2D eigenvalue weighted by molar-refractivity contribution is -0.191. The molecule has 0 radical (unpaired) electrons. The van der Waals surface area contributed by atoms with Crippen LogP contribution < -0.4 is 10.2 Å². The standard InChI is InChI=1S/C26H40N2O8S/c1-5-6-7-8-9-10-11-12-17-32-22-21(33-24-23(22)34-26(3,4)35-24)18-27-36-25(29)28-37(30,31)20-15-13-19(2)14-16-20/h13-16,18,22-24,27H,5-12,17H2,1-4H3,(H,28,29)/t22-,23+,24+/m0/s1. The highest BCUT2D eigenvalue weighted by Crippen LogP contribution is 2.40. The summed E-state index contributed by atoms with van der Waals surface area (Å²) in [4.78, 5) is 16.8. The third kappa shape index (κ3) is 8.87. The normalized spacial score (nSPS) is 23.5. The molecule has 2 aliphatic heterocycles. The van der Waals surface area contributed by atoms with Crippen molar-refractivity contribution in [1.29, 1.82) is 0 Å². The molecule has 2 aliphatic rings. The van der Waals surface area contributed by atoms with Crippen molar-refractivity contribution >= 4 is 16.1 Å². The molecular weight excluding hydrogens is 500 g/mol. The molecule has 37 heavy (non-hydrogen) atoms. The summed E-state index contributed by atoms with van der Waals surface area (Å²) >= 11 is 0. The molecule has 11 heteroatoms. The number of hydroxylamine groups is 1. The number of nitrogens with one attached hydrogen (secondary N) is 2. The predicted octanol–water partition coefficient (Wildman–Crippen LogP) is 4.79. The van der Waals surface area contributed by atoms with Crippen LogP contribution in [0.3, 0.4) is 0 Å². The molecule has 0 spiro atoms. The Labute approximate surface area is 220 Å². The molecule has 10 nitrogen and oxygen atoms in total. The van der Waals surface area contributed by atoms with E-state index in [-0.39, 0.29) is 4.90 Å². The van der Waals surface area contributed by atoms with E-state index in [1.807, 2.05) is 11.6 Å². The maximum Gasteiger partial charge on any atom is 0.445 e. The van der Waals surface area contributed by atoms with E-state index in [4.69, 9.17) is 23.8 Å². The Hall–Kier alpha value is -2.34. The molecule has 0 unspecified atom stereocenters. The second-order valence-corrected chi connectivity index (χ2v) is 11.5. The third-order valence-electron chi connectivity index (χ3n) is 6.12. The van der Waals surface area contributed by atoms with Gasteiger partial charge in [0.15, 0.2) is 17.7 Å². The highest BCUT2D eigenvalue weighted by molar-refractivity contribution is 7.90. The number of aryl methyl sites for hydroxylation is 1. The summed E-state index contributed by atoms with van der Waals surface area (Å²) in [6.07, 6.45) is 7.89. The lowest BCUT2D eigenvalue weighted by atomic mass is 10.1. The first-order valence-corrected chi connectivity index (χ1v) is 14.5. The van der Waals surface area contributed by atoms with Crippen molar-refractivity contribution in [2.75, 3.05) is 6.61 Å². The minimum absolute atomic E-state index is 0.0494. The van der Waals surface area contributed by atoms with Gasteiger partial charge in [-0.3, -0.25) is 0 Å². The maximum atomic E-state index is 12.3. The quantitative estimate of drug-likeness (QED) is 0.253. The number of carbonyl (C=O) groups excluding carboxylic acids is 1. The van der Waals surface area contributed by atoms with Gasteiger partial charge in [-0.05, 0) is 39.3 Å². The van der Waals surface area contributed by atoms with Gasteiger partial charge in [0.1, 0.15) is 6.10 Å². The van der Waals surface area contributed by atoms with Crippen molar-refractivity contribution in [2.24, 2.45) is 0 Å². The average molecular weight is 541 g/mol. The Morgan fingerprint density at radius 2 is 1.68 bits per heavy atom. The summed E-state index contributed by atoms with van der Waals surface area (Å²) < 4.78 is 50.2. The number of sulfonamides is 1. The number of unbranched alkanes of at least 4 members (excludes halogenated alkanes) is 7. The summed E-state index contributed by atoms with van der Waals surface area (Å²) in [5.41, 5.74) is 3.23. The summed E-state index contributed by atoms with van der Waals surface area (Å²) in [5, 5.41) is 0. The molecule has 3 atom stereocenters. The van der Waals surface area contributed by atoms with E-state index in [0.717, 1.165) is 18.4 Å². The van der Waals surface area contributed by atoms with Crippen LogP contribution in [0.4, 0.5) is 4.79 Å². The molecule has 1 amide bonds. The summed E-state index contributed by atoms with van der Waals surface area (Å²) in [6, 6.07) is 6.08. The number of benzene rings is 1. The maximum absolute atomic E-state index is 12.3. The van der Waals surface area contributed by atoms with Crippen LogP contribution in [0.5, 0.6) is 0 Å². The number of hydrogen-bond acceptors (Lipinski definition) is 9. The lowest BCUT2D eigenvalue weighted by Crippen LogP contribution is -2.34. The fraction of sp³-hybridized carbons (Fsp3) is 0.654. The SMILES string of the molecule is CCCCCCCCCCO[C@H]1C(=CNOC(=O)NS(=O)(=O)c2ccc(C)cc2)O[C@@H]2OC(C)(C)O[C@@H]21. The van der Waals surface area contributed by atoms with Crippen LogP contribution in [-0.4, -0.2) is 45.4 Å². The van der Waals surface area contributed by atoms with E-state index in [9.17, 15) is 13.2 Å². The van der Waals surface area contributed by atoms with Crippen LogP contribution >= 0.6 is 0 Å². The van der Waals surface area contributed by atoms with Crippen molar-refractivity contribution < 1.29 is 37.0 Å². The van der Waals surface area contributed by atoms with Gasteiger partial charge in [-0.2, -0.15) is 0 Å². The zero-order valence-electron chi connectivity index (χ0n) is 22.2. The Morgan fingerprint density at radius 3 is 2.35 bits per heavy atom. The van der Waals surface area contributed by atoms with Gasteiger partial charge in [0, 0.05) is 6.61 Å². The largest absolute Gasteiger partial charge is 0.462 e. The van der Waals surface area contributed by atoms with Gasteiger partial charge in [-0.15, -0.1) is 0 Å². The molecule has 2 fully saturated rings. The Morgan fingerprint density at radius 1 is 1.03 bits per heavy atom. The molecule has 1 aromatic rings. The number of hydrogen-bond donors (Lipinski definition) is 2. The molecule has 1 aromatic carbocycles. The van der Waals surface area contributed by atoms with Gasteiger partial charge in [-0.1, -0.05) is 69.6 Å². The lowest BCUT2D eigenvalue weighted by Gasteiger charge is -2.22. The number of rotatable bonds is 14. The van der Waals surface area contributed by atoms with E-state index in [1.54, 1.807) is 26.0 Å². The topological polar surface area (TPSA) is 121 Å². The van der Waals surface area contributed by atoms with Gasteiger partial charge in [0.25, 0.3) is 10.0 Å². The molecule has 0 saturated carbocycles. The van der Waals surface area contributed by atoms with Crippen LogP contribution in [0.15, 0.2) is 41.1 Å². The third-order valence-corrected chi connectivity index (χ3v) is 7.44. The molecule has 0 bridgehead atoms. The Balaban J connectivity index is 1.48. The van der Waals surface area contributed by atoms with E-state index in [1.165, 1.54) is 56.9 Å². The van der Waals surface area contributed by atoms with Crippen LogP contribution in [0, 0.1) is 6.92 Å². The van der Waals surface area contributed by atoms with Gasteiger partial charge in [0.2, 0.25) is 6.29 Å². The summed E-state index contributed by atoms with van der Waals surface area (Å²) in [7, 11) is -4.07. The summed E-state index contributed by atoms with van der Waals surface area (Å²) in [6.45, 7) is 8.16. The van der Waals surface area contributed by atoms with E-state index in [0.29, 0.717) is 12.4 Å². The molecule has 2 saturated heterocycles. The zero-order chi connectivity index (χ0) is 26.9. The van der Waals surface area contributed by atoms with Crippen molar-refractivity contribution in [3.8, 4) is 0 Å². The number of ether oxygens (including phenoxy) is 4. The predicted molar refractivity (Wildman–Crippen MR) is 136 cm³/mol. The minimum Gasteiger partial charge on any atom is -0.462 e. The van der Waals surface area contributed by atoms with Crippen molar-refractivity contribution in [3.63, 3.8) is 0 Å². The molecular formula is C26H40N2O8S. The molecule has 0 aliphatic carbocycles. The van der Waals surface area contributed by atoms with Crippen LogP contribution in [0.1, 0.15) is 77.7 Å². The fourth-order valence-corrected chi connectivity index (χ4v) is 5.08. The Bertz CT molecular complexity index is 1010. The summed E-state index contributed by atoms with van der Waals surface area (Å²) in [5.74, 6) is -0.478. The highest BCUT2D eigenvalue weighted by Gasteiger charge is 2.54. The fourth-order valence-electron chi connectivity index (χ4n) is 4.20. The second-order valence-electron chi connectivity index (χ2n) is 9.83. The second kappa shape index (κ2) is 13.5. The van der Waals surface area contributed by atoms with Gasteiger partial charge >= 0.3 is 6.09 Å². The number of carbonyl (C=O) groups is 1. The molecule has 2 heterocycles. The first-order valence-electron chi connectivity index (χ1n) is 13.0. The van der Waals surface area contributed by atoms with Crippen molar-refractivity contribution in [1.82, 2.24) is 10.2 Å². The van der Waals surface area contributed by atoms with Gasteiger partial charge in [-0.25, -0.2) is 23.4 Å². The molecule has 208 valence electrons. The monoisotopic (exact) mass is 540 g/mol. The van der Waals surface area contributed by atoms with Crippen molar-refractivity contribution in [3.05, 3.63) is 41.8 Å². The van der Waals surface area contributed by atoms with Gasteiger partial charge < -0.3 is 23.8 Å². The Kier molecular flexibility index (Phi) is 10.6. The highest BCUT2D eigenvalue weighted by atomic mass is 32.2. The first kappa shape index (κ1) is 29.2. The van der Waals surface area contributed by atoms with E-state index < -0.39 is 40.4 Å². The molecule has 2 N–H and O–H groups in total. The molecule has 0 aromatic heterocycles. The minimum atomic E-state index is -4.07. The van der Waals surface area contributed by atoms with Crippen molar-refractivity contribution in [2.45, 2.75) is 108 Å². The first-order chi connectivity index (χ1) is 17.6. The average Bonchev–Trinajstić information content (AvgIpc) is 3.29. The number of fused-ring (bicyclic) bond motifs is 1. The number of amides is 1.